The third-order valence-corrected chi connectivity index (χ3v) is 2.93. The summed E-state index contributed by atoms with van der Waals surface area (Å²) in [5.41, 5.74) is -0.550. The first-order valence-electron chi connectivity index (χ1n) is 5.03. The molecule has 1 rings (SSSR count). The predicted molar refractivity (Wildman–Crippen MR) is 53.0 cm³/mol. The maximum Gasteiger partial charge on any atom is 0.320 e. The molecule has 0 aromatic carbocycles. The van der Waals surface area contributed by atoms with Gasteiger partial charge in [-0.15, -0.1) is 0 Å². The average Bonchev–Trinajstić information content (AvgIpc) is 2.81. The summed E-state index contributed by atoms with van der Waals surface area (Å²) in [6.45, 7) is 5.30. The summed E-state index contributed by atoms with van der Waals surface area (Å²) in [6, 6.07) is -0.514. The van der Waals surface area contributed by atoms with E-state index in [1.54, 1.807) is 6.92 Å². The minimum Gasteiger partial charge on any atom is -0.480 e. The van der Waals surface area contributed by atoms with E-state index in [1.165, 1.54) is 0 Å². The maximum atomic E-state index is 10.9. The van der Waals surface area contributed by atoms with Crippen LogP contribution < -0.4 is 5.32 Å². The third-order valence-electron chi connectivity index (χ3n) is 2.93. The second-order valence-corrected chi connectivity index (χ2v) is 4.70. The monoisotopic (exact) mass is 201 g/mol. The van der Waals surface area contributed by atoms with Crippen LogP contribution in [0.15, 0.2) is 0 Å². The topological polar surface area (TPSA) is 69.6 Å². The van der Waals surface area contributed by atoms with Gasteiger partial charge < -0.3 is 10.2 Å². The van der Waals surface area contributed by atoms with Crippen LogP contribution >= 0.6 is 0 Å². The molecule has 1 aliphatic rings. The second-order valence-electron chi connectivity index (χ2n) is 4.70. The lowest BCUT2D eigenvalue weighted by atomic mass is 9.96. The first kappa shape index (κ1) is 11.5. The van der Waals surface area contributed by atoms with Crippen molar-refractivity contribution >= 4 is 5.97 Å². The molecule has 0 spiro atoms. The smallest absolute Gasteiger partial charge is 0.320 e. The van der Waals surface area contributed by atoms with E-state index in [9.17, 15) is 9.90 Å². The lowest BCUT2D eigenvalue weighted by Gasteiger charge is -2.32. The van der Waals surface area contributed by atoms with E-state index in [0.717, 1.165) is 12.8 Å². The Bertz CT molecular complexity index is 221. The van der Waals surface area contributed by atoms with Gasteiger partial charge in [-0.05, 0) is 39.5 Å². The number of carboxylic acid groups (broad SMARTS) is 1. The summed E-state index contributed by atoms with van der Waals surface area (Å²) >= 11 is 0. The number of hydrogen-bond donors (Lipinski definition) is 3. The van der Waals surface area contributed by atoms with Gasteiger partial charge in [0.2, 0.25) is 0 Å². The van der Waals surface area contributed by atoms with Crippen LogP contribution in [0.5, 0.6) is 0 Å². The molecule has 0 heterocycles. The number of hydrogen-bond acceptors (Lipinski definition) is 3. The van der Waals surface area contributed by atoms with Gasteiger partial charge in [0.1, 0.15) is 6.04 Å². The van der Waals surface area contributed by atoms with E-state index < -0.39 is 23.7 Å². The van der Waals surface area contributed by atoms with Crippen molar-refractivity contribution in [3.05, 3.63) is 0 Å². The quantitative estimate of drug-likeness (QED) is 0.609. The first-order valence-corrected chi connectivity index (χ1v) is 5.03. The van der Waals surface area contributed by atoms with Crippen molar-refractivity contribution in [1.29, 1.82) is 0 Å². The van der Waals surface area contributed by atoms with Crippen molar-refractivity contribution in [1.82, 2.24) is 5.32 Å². The molecule has 82 valence electrons. The summed E-state index contributed by atoms with van der Waals surface area (Å²) in [7, 11) is 0. The fourth-order valence-electron chi connectivity index (χ4n) is 1.33. The molecule has 0 aromatic rings. The molecule has 0 bridgehead atoms. The summed E-state index contributed by atoms with van der Waals surface area (Å²) in [5.74, 6) is -0.577. The Labute approximate surface area is 84.3 Å². The van der Waals surface area contributed by atoms with Crippen molar-refractivity contribution in [2.45, 2.75) is 51.3 Å². The van der Waals surface area contributed by atoms with Crippen molar-refractivity contribution in [3.63, 3.8) is 0 Å². The van der Waals surface area contributed by atoms with Crippen LogP contribution in [0.3, 0.4) is 0 Å². The molecule has 3 N–H and O–H groups in total. The molecule has 1 fully saturated rings. The van der Waals surface area contributed by atoms with Gasteiger partial charge in [0, 0.05) is 5.54 Å². The van der Waals surface area contributed by atoms with Crippen molar-refractivity contribution in [2.75, 3.05) is 0 Å². The molecule has 0 aliphatic heterocycles. The maximum absolute atomic E-state index is 10.9. The zero-order valence-electron chi connectivity index (χ0n) is 8.95. The summed E-state index contributed by atoms with van der Waals surface area (Å²) in [6.07, 6.45) is 1.38. The number of aliphatic hydroxyl groups is 1. The number of aliphatic carboxylic acids is 1. The molecule has 14 heavy (non-hydrogen) atoms. The van der Waals surface area contributed by atoms with Crippen LogP contribution in [-0.2, 0) is 4.79 Å². The van der Waals surface area contributed by atoms with Crippen molar-refractivity contribution in [2.24, 2.45) is 5.92 Å². The zero-order chi connectivity index (χ0) is 10.9. The molecule has 2 unspecified atom stereocenters. The van der Waals surface area contributed by atoms with E-state index in [4.69, 9.17) is 5.11 Å². The van der Waals surface area contributed by atoms with Gasteiger partial charge in [-0.1, -0.05) is 0 Å². The molecular weight excluding hydrogens is 182 g/mol. The molecule has 0 aromatic heterocycles. The van der Waals surface area contributed by atoms with Crippen molar-refractivity contribution in [3.8, 4) is 0 Å². The highest BCUT2D eigenvalue weighted by Crippen LogP contribution is 2.33. The fourth-order valence-corrected chi connectivity index (χ4v) is 1.33. The lowest BCUT2D eigenvalue weighted by molar-refractivity contribution is -0.141. The number of rotatable bonds is 5. The molecular formula is C10H19NO3. The Morgan fingerprint density at radius 3 is 2.29 bits per heavy atom. The highest BCUT2D eigenvalue weighted by atomic mass is 16.4. The zero-order valence-corrected chi connectivity index (χ0v) is 8.95. The van der Waals surface area contributed by atoms with E-state index >= 15 is 0 Å². The summed E-state index contributed by atoms with van der Waals surface area (Å²) in [4.78, 5) is 10.9. The highest BCUT2D eigenvalue weighted by molar-refractivity contribution is 5.74. The SMILES string of the molecule is CC(O)C(C)(C)NC(C(=O)O)C1CC1. The molecule has 0 saturated heterocycles. The van der Waals surface area contributed by atoms with E-state index in [2.05, 4.69) is 5.32 Å². The van der Waals surface area contributed by atoms with Crippen LogP contribution in [-0.4, -0.2) is 33.9 Å². The normalized spacial score (nSPS) is 21.7. The molecule has 4 heteroatoms. The van der Waals surface area contributed by atoms with Gasteiger partial charge in [-0.25, -0.2) is 0 Å². The van der Waals surface area contributed by atoms with Crippen LogP contribution in [0.4, 0.5) is 0 Å². The highest BCUT2D eigenvalue weighted by Gasteiger charge is 2.40. The fraction of sp³-hybridized carbons (Fsp3) is 0.900. The second kappa shape index (κ2) is 3.87. The van der Waals surface area contributed by atoms with Crippen LogP contribution in [0, 0.1) is 5.92 Å². The van der Waals surface area contributed by atoms with Crippen LogP contribution in [0.25, 0.3) is 0 Å². The summed E-state index contributed by atoms with van der Waals surface area (Å²) in [5, 5.41) is 21.4. The van der Waals surface area contributed by atoms with Gasteiger partial charge in [0.25, 0.3) is 0 Å². The average molecular weight is 201 g/mol. The predicted octanol–water partition coefficient (Wildman–Crippen LogP) is 0.599. The Kier molecular flexibility index (Phi) is 3.17. The molecule has 1 aliphatic carbocycles. The third kappa shape index (κ3) is 2.69. The number of carboxylic acids is 1. The van der Waals surface area contributed by atoms with E-state index in [0.29, 0.717) is 0 Å². The van der Waals surface area contributed by atoms with Crippen molar-refractivity contribution < 1.29 is 15.0 Å². The largest absolute Gasteiger partial charge is 0.480 e. The molecule has 1 saturated carbocycles. The van der Waals surface area contributed by atoms with Gasteiger partial charge >= 0.3 is 5.97 Å². The van der Waals surface area contributed by atoms with Gasteiger partial charge in [0.05, 0.1) is 6.10 Å². The Morgan fingerprint density at radius 2 is 2.00 bits per heavy atom. The number of carbonyl (C=O) groups is 1. The minimum absolute atomic E-state index is 0.241. The Hall–Kier alpha value is -0.610. The standard InChI is InChI=1S/C10H19NO3/c1-6(12)10(2,3)11-8(9(13)14)7-4-5-7/h6-8,11-12H,4-5H2,1-3H3,(H,13,14). The minimum atomic E-state index is -0.818. The van der Waals surface area contributed by atoms with E-state index in [1.807, 2.05) is 13.8 Å². The van der Waals surface area contributed by atoms with Gasteiger partial charge in [-0.3, -0.25) is 10.1 Å². The summed E-state index contributed by atoms with van der Waals surface area (Å²) < 4.78 is 0. The molecule has 4 nitrogen and oxygen atoms in total. The van der Waals surface area contributed by atoms with Gasteiger partial charge in [-0.2, -0.15) is 0 Å². The van der Waals surface area contributed by atoms with Crippen LogP contribution in [0.1, 0.15) is 33.6 Å². The van der Waals surface area contributed by atoms with Crippen LogP contribution in [0.2, 0.25) is 0 Å². The Morgan fingerprint density at radius 1 is 1.50 bits per heavy atom. The van der Waals surface area contributed by atoms with Gasteiger partial charge in [0.15, 0.2) is 0 Å². The lowest BCUT2D eigenvalue weighted by Crippen LogP contribution is -2.55. The molecule has 2 atom stereocenters. The Balaban J connectivity index is 2.58. The van der Waals surface area contributed by atoms with E-state index in [-0.39, 0.29) is 5.92 Å². The molecule has 0 radical (unpaired) electrons. The first-order chi connectivity index (χ1) is 6.34. The number of aliphatic hydroxyl groups excluding tert-OH is 1. The molecule has 0 amide bonds. The number of nitrogens with one attached hydrogen (secondary N) is 1.